The van der Waals surface area contributed by atoms with E-state index < -0.39 is 7.12 Å². The second kappa shape index (κ2) is 5.49. The van der Waals surface area contributed by atoms with Gasteiger partial charge in [0.2, 0.25) is 0 Å². The van der Waals surface area contributed by atoms with Crippen LogP contribution in [0.3, 0.4) is 0 Å². The molecule has 0 radical (unpaired) electrons. The highest BCUT2D eigenvalue weighted by molar-refractivity contribution is 6.59. The SMILES string of the molecule is Cc1cnc(NC2CCOCC2)cc1B(O)O. The van der Waals surface area contributed by atoms with Crippen molar-refractivity contribution in [2.45, 2.75) is 25.8 Å². The second-order valence-corrected chi connectivity index (χ2v) is 4.33. The Kier molecular flexibility index (Phi) is 3.99. The van der Waals surface area contributed by atoms with E-state index in [0.717, 1.165) is 31.6 Å². The van der Waals surface area contributed by atoms with E-state index in [9.17, 15) is 10.0 Å². The van der Waals surface area contributed by atoms with Crippen molar-refractivity contribution in [1.29, 1.82) is 0 Å². The molecule has 3 N–H and O–H groups in total. The van der Waals surface area contributed by atoms with Crippen LogP contribution in [0.4, 0.5) is 5.82 Å². The lowest BCUT2D eigenvalue weighted by Gasteiger charge is -2.24. The fourth-order valence-electron chi connectivity index (χ4n) is 1.95. The number of rotatable bonds is 3. The first-order chi connectivity index (χ1) is 8.16. The molecule has 17 heavy (non-hydrogen) atoms. The number of aromatic nitrogens is 1. The zero-order valence-corrected chi connectivity index (χ0v) is 9.89. The smallest absolute Gasteiger partial charge is 0.423 e. The van der Waals surface area contributed by atoms with Crippen molar-refractivity contribution >= 4 is 18.4 Å². The van der Waals surface area contributed by atoms with E-state index in [1.54, 1.807) is 19.2 Å². The first kappa shape index (κ1) is 12.4. The van der Waals surface area contributed by atoms with Gasteiger partial charge in [-0.15, -0.1) is 0 Å². The Hall–Kier alpha value is -1.11. The summed E-state index contributed by atoms with van der Waals surface area (Å²) < 4.78 is 5.28. The average Bonchev–Trinajstić information content (AvgIpc) is 2.32. The summed E-state index contributed by atoms with van der Waals surface area (Å²) in [7, 11) is -1.45. The molecule has 0 aliphatic carbocycles. The number of aryl methyl sites for hydroxylation is 1. The highest BCUT2D eigenvalue weighted by atomic mass is 16.5. The lowest BCUT2D eigenvalue weighted by Crippen LogP contribution is -2.34. The molecule has 6 heteroatoms. The third-order valence-corrected chi connectivity index (χ3v) is 3.00. The first-order valence-corrected chi connectivity index (χ1v) is 5.84. The van der Waals surface area contributed by atoms with Gasteiger partial charge in [0.1, 0.15) is 5.82 Å². The van der Waals surface area contributed by atoms with Crippen molar-refractivity contribution in [3.63, 3.8) is 0 Å². The van der Waals surface area contributed by atoms with Crippen molar-refractivity contribution in [2.24, 2.45) is 0 Å². The van der Waals surface area contributed by atoms with Crippen LogP contribution in [0.1, 0.15) is 18.4 Å². The van der Waals surface area contributed by atoms with Crippen LogP contribution in [0.25, 0.3) is 0 Å². The summed E-state index contributed by atoms with van der Waals surface area (Å²) in [5.41, 5.74) is 1.27. The predicted octanol–water partition coefficient (Wildman–Crippen LogP) is -0.339. The number of nitrogens with zero attached hydrogens (tertiary/aromatic N) is 1. The van der Waals surface area contributed by atoms with Gasteiger partial charge in [-0.2, -0.15) is 0 Å². The molecule has 0 spiro atoms. The number of ether oxygens (including phenoxy) is 1. The molecular formula is C11H17BN2O3. The third kappa shape index (κ3) is 3.18. The van der Waals surface area contributed by atoms with Crippen LogP contribution in [0.5, 0.6) is 0 Å². The minimum Gasteiger partial charge on any atom is -0.423 e. The van der Waals surface area contributed by atoms with E-state index in [0.29, 0.717) is 17.3 Å². The van der Waals surface area contributed by atoms with E-state index >= 15 is 0 Å². The van der Waals surface area contributed by atoms with Crippen molar-refractivity contribution in [3.8, 4) is 0 Å². The number of nitrogens with one attached hydrogen (secondary N) is 1. The van der Waals surface area contributed by atoms with Gasteiger partial charge in [0, 0.05) is 25.5 Å². The molecule has 1 aromatic heterocycles. The number of hydrogen-bond donors (Lipinski definition) is 3. The minimum atomic E-state index is -1.45. The van der Waals surface area contributed by atoms with Gasteiger partial charge < -0.3 is 20.1 Å². The van der Waals surface area contributed by atoms with Crippen LogP contribution in [-0.2, 0) is 4.74 Å². The fourth-order valence-corrected chi connectivity index (χ4v) is 1.95. The molecule has 0 aromatic carbocycles. The number of hydrogen-bond acceptors (Lipinski definition) is 5. The Morgan fingerprint density at radius 1 is 1.41 bits per heavy atom. The number of anilines is 1. The molecule has 0 saturated carbocycles. The van der Waals surface area contributed by atoms with Crippen LogP contribution in [0.15, 0.2) is 12.3 Å². The zero-order valence-electron chi connectivity index (χ0n) is 9.89. The van der Waals surface area contributed by atoms with E-state index in [1.807, 2.05) is 0 Å². The molecule has 1 fully saturated rings. The monoisotopic (exact) mass is 236 g/mol. The van der Waals surface area contributed by atoms with Gasteiger partial charge >= 0.3 is 7.12 Å². The van der Waals surface area contributed by atoms with E-state index in [4.69, 9.17) is 4.74 Å². The molecule has 0 unspecified atom stereocenters. The van der Waals surface area contributed by atoms with Gasteiger partial charge in [-0.1, -0.05) is 0 Å². The van der Waals surface area contributed by atoms with Crippen molar-refractivity contribution in [3.05, 3.63) is 17.8 Å². The Morgan fingerprint density at radius 3 is 2.76 bits per heavy atom. The summed E-state index contributed by atoms with van der Waals surface area (Å²) in [5, 5.41) is 21.7. The maximum absolute atomic E-state index is 9.21. The Morgan fingerprint density at radius 2 is 2.12 bits per heavy atom. The van der Waals surface area contributed by atoms with Gasteiger partial charge in [0.05, 0.1) is 0 Å². The summed E-state index contributed by atoms with van der Waals surface area (Å²) in [5.74, 6) is 0.686. The van der Waals surface area contributed by atoms with Gasteiger partial charge in [-0.05, 0) is 36.9 Å². The molecule has 5 nitrogen and oxygen atoms in total. The van der Waals surface area contributed by atoms with Crippen LogP contribution in [0.2, 0.25) is 0 Å². The summed E-state index contributed by atoms with van der Waals surface area (Å²) in [4.78, 5) is 4.24. The fraction of sp³-hybridized carbons (Fsp3) is 0.545. The highest BCUT2D eigenvalue weighted by Crippen LogP contribution is 2.12. The number of pyridine rings is 1. The van der Waals surface area contributed by atoms with Gasteiger partial charge in [-0.3, -0.25) is 0 Å². The molecular weight excluding hydrogens is 219 g/mol. The Bertz CT molecular complexity index is 381. The summed E-state index contributed by atoms with van der Waals surface area (Å²) in [6.07, 6.45) is 3.55. The lowest BCUT2D eigenvalue weighted by atomic mass is 9.78. The molecule has 1 aliphatic heterocycles. The summed E-state index contributed by atoms with van der Waals surface area (Å²) >= 11 is 0. The lowest BCUT2D eigenvalue weighted by molar-refractivity contribution is 0.0904. The van der Waals surface area contributed by atoms with Gasteiger partial charge in [-0.25, -0.2) is 4.98 Å². The topological polar surface area (TPSA) is 74.6 Å². The minimum absolute atomic E-state index is 0.350. The van der Waals surface area contributed by atoms with Crippen molar-refractivity contribution in [2.75, 3.05) is 18.5 Å². The Balaban J connectivity index is 2.07. The molecule has 2 rings (SSSR count). The molecule has 92 valence electrons. The molecule has 2 heterocycles. The van der Waals surface area contributed by atoms with E-state index in [2.05, 4.69) is 10.3 Å². The van der Waals surface area contributed by atoms with Gasteiger partial charge in [0.25, 0.3) is 0 Å². The zero-order chi connectivity index (χ0) is 12.3. The Labute approximate surface area is 101 Å². The molecule has 0 bridgehead atoms. The molecule has 0 atom stereocenters. The molecule has 1 saturated heterocycles. The summed E-state index contributed by atoms with van der Waals surface area (Å²) in [6.45, 7) is 3.33. The van der Waals surface area contributed by atoms with Crippen LogP contribution >= 0.6 is 0 Å². The van der Waals surface area contributed by atoms with Gasteiger partial charge in [0.15, 0.2) is 0 Å². The predicted molar refractivity (Wildman–Crippen MR) is 66.3 cm³/mol. The van der Waals surface area contributed by atoms with Crippen LogP contribution in [-0.4, -0.2) is 41.4 Å². The standard InChI is InChI=1S/C11H17BN2O3/c1-8-7-13-11(6-10(8)12(15)16)14-9-2-4-17-5-3-9/h6-7,9,15-16H,2-5H2,1H3,(H,13,14). The average molecular weight is 236 g/mol. The molecule has 1 aliphatic rings. The first-order valence-electron chi connectivity index (χ1n) is 5.84. The van der Waals surface area contributed by atoms with Crippen LogP contribution < -0.4 is 10.8 Å². The second-order valence-electron chi connectivity index (χ2n) is 4.33. The molecule has 0 amide bonds. The molecule has 1 aromatic rings. The van der Waals surface area contributed by atoms with E-state index in [-0.39, 0.29) is 0 Å². The van der Waals surface area contributed by atoms with Crippen molar-refractivity contribution in [1.82, 2.24) is 4.98 Å². The quantitative estimate of drug-likeness (QED) is 0.626. The largest absolute Gasteiger partial charge is 0.488 e. The third-order valence-electron chi connectivity index (χ3n) is 3.00. The maximum atomic E-state index is 9.21. The summed E-state index contributed by atoms with van der Waals surface area (Å²) in [6, 6.07) is 2.04. The van der Waals surface area contributed by atoms with Crippen LogP contribution in [0, 0.1) is 6.92 Å². The maximum Gasteiger partial charge on any atom is 0.488 e. The van der Waals surface area contributed by atoms with Crippen molar-refractivity contribution < 1.29 is 14.8 Å². The highest BCUT2D eigenvalue weighted by Gasteiger charge is 2.17. The van der Waals surface area contributed by atoms with E-state index in [1.165, 1.54) is 0 Å². The normalized spacial score (nSPS) is 16.9.